The van der Waals surface area contributed by atoms with Crippen LogP contribution >= 0.6 is 0 Å². The SMILES string of the molecule is CCCCC(=C=[N+]=[N-])C(CCCC)=C(c1cc(C)c(C)c(C)c1)c1cc(CCC)c(CCC)c(CCC)c1. The predicted octanol–water partition coefficient (Wildman–Crippen LogP) is 10.5. The van der Waals surface area contributed by atoms with Crippen molar-refractivity contribution in [3.05, 3.63) is 85.5 Å². The van der Waals surface area contributed by atoms with E-state index >= 15 is 0 Å². The van der Waals surface area contributed by atoms with E-state index in [1.54, 1.807) is 5.56 Å². The molecule has 2 aromatic carbocycles. The van der Waals surface area contributed by atoms with Gasteiger partial charge in [0.2, 0.25) is 0 Å². The van der Waals surface area contributed by atoms with E-state index in [2.05, 4.69) is 90.3 Å². The number of benzene rings is 2. The number of aryl methyl sites for hydroxylation is 4. The number of rotatable bonds is 15. The molecule has 2 rings (SSSR count). The Labute approximate surface area is 233 Å². The molecule has 0 spiro atoms. The van der Waals surface area contributed by atoms with Gasteiger partial charge in [-0.25, -0.2) is 0 Å². The van der Waals surface area contributed by atoms with Gasteiger partial charge < -0.3 is 5.53 Å². The molecule has 0 aliphatic heterocycles. The van der Waals surface area contributed by atoms with Gasteiger partial charge in [-0.1, -0.05) is 91.0 Å². The van der Waals surface area contributed by atoms with Crippen molar-refractivity contribution in [2.45, 2.75) is 132 Å². The number of hydrogen-bond donors (Lipinski definition) is 0. The third kappa shape index (κ3) is 8.17. The van der Waals surface area contributed by atoms with Gasteiger partial charge in [0.1, 0.15) is 0 Å². The monoisotopic (exact) mass is 512 g/mol. The van der Waals surface area contributed by atoms with Crippen molar-refractivity contribution in [1.29, 1.82) is 0 Å². The molecule has 2 aromatic rings. The second-order valence-corrected chi connectivity index (χ2v) is 11.0. The summed E-state index contributed by atoms with van der Waals surface area (Å²) in [6.07, 6.45) is 13.1. The van der Waals surface area contributed by atoms with E-state index in [1.807, 2.05) is 0 Å². The molecule has 0 aliphatic carbocycles. The van der Waals surface area contributed by atoms with Crippen molar-refractivity contribution in [2.75, 3.05) is 0 Å². The van der Waals surface area contributed by atoms with Crippen LogP contribution in [0, 0.1) is 20.8 Å². The van der Waals surface area contributed by atoms with Crippen LogP contribution in [0.15, 0.2) is 35.4 Å². The average Bonchev–Trinajstić information content (AvgIpc) is 2.89. The molecule has 0 aromatic heterocycles. The Kier molecular flexibility index (Phi) is 13.6. The molecule has 0 aliphatic rings. The fourth-order valence-corrected chi connectivity index (χ4v) is 5.66. The third-order valence-corrected chi connectivity index (χ3v) is 7.89. The molecule has 206 valence electrons. The summed E-state index contributed by atoms with van der Waals surface area (Å²) in [4.78, 5) is 3.45. The van der Waals surface area contributed by atoms with Crippen LogP contribution in [0.2, 0.25) is 0 Å². The normalized spacial score (nSPS) is 11.7. The molecule has 0 amide bonds. The molecule has 0 saturated heterocycles. The molecule has 0 radical (unpaired) electrons. The van der Waals surface area contributed by atoms with Gasteiger partial charge in [0.15, 0.2) is 0 Å². The maximum Gasteiger partial charge on any atom is 0.303 e. The molecule has 0 atom stereocenters. The molecule has 0 N–H and O–H groups in total. The summed E-state index contributed by atoms with van der Waals surface area (Å²) in [5, 5.41) is 0. The summed E-state index contributed by atoms with van der Waals surface area (Å²) in [5.41, 5.74) is 24.5. The summed E-state index contributed by atoms with van der Waals surface area (Å²) in [6.45, 7) is 18.0. The molecular formula is C36H52N2. The van der Waals surface area contributed by atoms with Gasteiger partial charge in [-0.3, -0.25) is 0 Å². The van der Waals surface area contributed by atoms with E-state index in [1.165, 1.54) is 56.5 Å². The number of allylic oxidation sites excluding steroid dienone is 2. The van der Waals surface area contributed by atoms with E-state index in [9.17, 15) is 5.53 Å². The maximum absolute atomic E-state index is 9.65. The third-order valence-electron chi connectivity index (χ3n) is 7.89. The number of unbranched alkanes of at least 4 members (excludes halogenated alkanes) is 2. The first-order valence-electron chi connectivity index (χ1n) is 15.3. The van der Waals surface area contributed by atoms with Gasteiger partial charge in [-0.05, 0) is 121 Å². The smallest absolute Gasteiger partial charge is 0.303 e. The topological polar surface area (TPSA) is 36.4 Å². The standard InChI is InChI=1S/C36H52N2/c1-9-14-19-31(25-38-37)35(20-15-10-2)36(32-21-26(6)28(8)27(7)22-32)33-23-29(16-11-3)34(18-13-5)30(24-33)17-12-4/h21-24H,9-20H2,1-8H3. The Morgan fingerprint density at radius 2 is 1.18 bits per heavy atom. The number of nitrogens with zero attached hydrogens (tertiary/aromatic N) is 2. The van der Waals surface area contributed by atoms with Gasteiger partial charge >= 0.3 is 5.87 Å². The molecule has 0 saturated carbocycles. The summed E-state index contributed by atoms with van der Waals surface area (Å²) >= 11 is 0. The molecule has 0 heterocycles. The minimum Gasteiger partial charge on any atom is -0.348 e. The van der Waals surface area contributed by atoms with Crippen molar-refractivity contribution in [3.8, 4) is 0 Å². The van der Waals surface area contributed by atoms with E-state index in [-0.39, 0.29) is 0 Å². The molecule has 0 fully saturated rings. The van der Waals surface area contributed by atoms with E-state index in [0.29, 0.717) is 0 Å². The Morgan fingerprint density at radius 1 is 0.684 bits per heavy atom. The Hall–Kier alpha value is -2.66. The summed E-state index contributed by atoms with van der Waals surface area (Å²) < 4.78 is 0. The van der Waals surface area contributed by atoms with E-state index < -0.39 is 0 Å². The fourth-order valence-electron chi connectivity index (χ4n) is 5.66. The van der Waals surface area contributed by atoms with Gasteiger partial charge in [-0.15, -0.1) is 4.79 Å². The minimum atomic E-state index is 0.879. The maximum atomic E-state index is 9.65. The van der Waals surface area contributed by atoms with Crippen LogP contribution in [0.1, 0.15) is 137 Å². The highest BCUT2D eigenvalue weighted by Crippen LogP contribution is 2.38. The first-order chi connectivity index (χ1) is 18.4. The second kappa shape index (κ2) is 16.3. The highest BCUT2D eigenvalue weighted by atomic mass is 14.8. The zero-order chi connectivity index (χ0) is 28.1. The molecule has 0 bridgehead atoms. The van der Waals surface area contributed by atoms with Crippen molar-refractivity contribution in [2.24, 2.45) is 0 Å². The Balaban J connectivity index is 3.09. The highest BCUT2D eigenvalue weighted by molar-refractivity contribution is 5.88. The fraction of sp³-hybridized carbons (Fsp3) is 0.556. The molecular weight excluding hydrogens is 460 g/mol. The zero-order valence-corrected chi connectivity index (χ0v) is 25.7. The molecule has 0 unspecified atom stereocenters. The Morgan fingerprint density at radius 3 is 1.66 bits per heavy atom. The summed E-state index contributed by atoms with van der Waals surface area (Å²) in [5.74, 6) is 3.04. The van der Waals surface area contributed by atoms with Gasteiger partial charge in [0.25, 0.3) is 0 Å². The lowest BCUT2D eigenvalue weighted by Crippen LogP contribution is -2.06. The first-order valence-corrected chi connectivity index (χ1v) is 15.3. The number of hydrogen-bond acceptors (Lipinski definition) is 0. The van der Waals surface area contributed by atoms with Crippen molar-refractivity contribution in [1.82, 2.24) is 0 Å². The van der Waals surface area contributed by atoms with Gasteiger partial charge in [-0.2, -0.15) is 0 Å². The average molecular weight is 513 g/mol. The van der Waals surface area contributed by atoms with Crippen molar-refractivity contribution in [3.63, 3.8) is 0 Å². The molecule has 2 nitrogen and oxygen atoms in total. The van der Waals surface area contributed by atoms with Crippen molar-refractivity contribution >= 4 is 11.4 Å². The van der Waals surface area contributed by atoms with Gasteiger partial charge in [0.05, 0.1) is 5.57 Å². The van der Waals surface area contributed by atoms with Crippen LogP contribution in [0.25, 0.3) is 11.1 Å². The van der Waals surface area contributed by atoms with Crippen LogP contribution in [0.3, 0.4) is 0 Å². The minimum absolute atomic E-state index is 0.879. The van der Waals surface area contributed by atoms with Crippen molar-refractivity contribution < 1.29 is 4.79 Å². The van der Waals surface area contributed by atoms with Crippen LogP contribution in [-0.4, -0.2) is 10.7 Å². The molecule has 38 heavy (non-hydrogen) atoms. The molecule has 2 heteroatoms. The van der Waals surface area contributed by atoms with Crippen LogP contribution in [0.5, 0.6) is 0 Å². The zero-order valence-electron chi connectivity index (χ0n) is 25.7. The largest absolute Gasteiger partial charge is 0.348 e. The lowest BCUT2D eigenvalue weighted by Gasteiger charge is -2.22. The van der Waals surface area contributed by atoms with E-state index in [0.717, 1.165) is 76.2 Å². The van der Waals surface area contributed by atoms with E-state index in [4.69, 9.17) is 0 Å². The quantitative estimate of drug-likeness (QED) is 0.0984. The predicted molar refractivity (Wildman–Crippen MR) is 166 cm³/mol. The first kappa shape index (κ1) is 31.6. The summed E-state index contributed by atoms with van der Waals surface area (Å²) in [7, 11) is 0. The van der Waals surface area contributed by atoms with Crippen LogP contribution in [-0.2, 0) is 19.3 Å². The lowest BCUT2D eigenvalue weighted by molar-refractivity contribution is 0.00739. The second-order valence-electron chi connectivity index (χ2n) is 11.0. The highest BCUT2D eigenvalue weighted by Gasteiger charge is 2.21. The van der Waals surface area contributed by atoms with Gasteiger partial charge in [0, 0.05) is 0 Å². The van der Waals surface area contributed by atoms with Crippen LogP contribution < -0.4 is 0 Å². The summed E-state index contributed by atoms with van der Waals surface area (Å²) in [6, 6.07) is 9.73. The lowest BCUT2D eigenvalue weighted by atomic mass is 9.81. The van der Waals surface area contributed by atoms with Crippen LogP contribution in [0.4, 0.5) is 0 Å². The Bertz CT molecular complexity index is 1130.